The van der Waals surface area contributed by atoms with Gasteiger partial charge >= 0.3 is 0 Å². The summed E-state index contributed by atoms with van der Waals surface area (Å²) in [6.07, 6.45) is 6.07. The zero-order valence-corrected chi connectivity index (χ0v) is 8.02. The Morgan fingerprint density at radius 2 is 2.08 bits per heavy atom. The maximum Gasteiger partial charge on any atom is 0.106 e. The summed E-state index contributed by atoms with van der Waals surface area (Å²) in [6, 6.07) is 0. The first-order valence-electron chi connectivity index (χ1n) is 4.52. The lowest BCUT2D eigenvalue weighted by molar-refractivity contribution is 0.963. The molecule has 0 aliphatic rings. The lowest BCUT2D eigenvalue weighted by atomic mass is 10.2. The number of allylic oxidation sites excluding steroid dienone is 1. The number of hydrogen-bond donors (Lipinski definition) is 1. The minimum Gasteiger partial charge on any atom is -0.345 e. The van der Waals surface area contributed by atoms with Gasteiger partial charge in [0.05, 0.1) is 5.69 Å². The van der Waals surface area contributed by atoms with Crippen molar-refractivity contribution >= 4 is 6.08 Å². The van der Waals surface area contributed by atoms with Gasteiger partial charge in [-0.25, -0.2) is 4.98 Å². The number of nitrogens with zero attached hydrogens (tertiary/aromatic N) is 1. The highest BCUT2D eigenvalue weighted by Gasteiger charge is 2.03. The second-order valence-electron chi connectivity index (χ2n) is 2.75. The topological polar surface area (TPSA) is 28.7 Å². The molecule has 1 rings (SSSR count). The first-order chi connectivity index (χ1) is 5.81. The minimum absolute atomic E-state index is 0.977. The molecule has 0 aliphatic carbocycles. The van der Waals surface area contributed by atoms with Gasteiger partial charge in [-0.2, -0.15) is 0 Å². The van der Waals surface area contributed by atoms with Crippen molar-refractivity contribution in [2.45, 2.75) is 33.6 Å². The summed E-state index contributed by atoms with van der Waals surface area (Å²) in [5, 5.41) is 0. The van der Waals surface area contributed by atoms with Crippen LogP contribution in [0.1, 0.15) is 38.0 Å². The van der Waals surface area contributed by atoms with Gasteiger partial charge in [0.1, 0.15) is 5.82 Å². The molecule has 2 nitrogen and oxygen atoms in total. The third-order valence-electron chi connectivity index (χ3n) is 1.87. The molecule has 2 heteroatoms. The van der Waals surface area contributed by atoms with Crippen LogP contribution in [0, 0.1) is 0 Å². The Hall–Kier alpha value is -1.05. The van der Waals surface area contributed by atoms with E-state index in [2.05, 4.69) is 29.9 Å². The summed E-state index contributed by atoms with van der Waals surface area (Å²) in [5.41, 5.74) is 2.34. The van der Waals surface area contributed by atoms with Crippen LogP contribution in [0.15, 0.2) is 6.08 Å². The molecule has 1 aromatic heterocycles. The molecule has 0 aliphatic heterocycles. The average molecular weight is 164 g/mol. The molecule has 0 aromatic carbocycles. The summed E-state index contributed by atoms with van der Waals surface area (Å²) < 4.78 is 0. The van der Waals surface area contributed by atoms with Crippen LogP contribution in [0.5, 0.6) is 0 Å². The van der Waals surface area contributed by atoms with E-state index >= 15 is 0 Å². The molecule has 0 radical (unpaired) electrons. The fourth-order valence-electron chi connectivity index (χ4n) is 1.21. The van der Waals surface area contributed by atoms with Crippen LogP contribution >= 0.6 is 0 Å². The van der Waals surface area contributed by atoms with Crippen LogP contribution in [0.3, 0.4) is 0 Å². The standard InChI is InChI=1S/C10H16N2/c1-4-7-9-8(5-2)11-10(6-3)12-9/h4,7H,5-6H2,1-3H3,(H,11,12)/b7-4-. The second-order valence-corrected chi connectivity index (χ2v) is 2.75. The van der Waals surface area contributed by atoms with E-state index < -0.39 is 0 Å². The van der Waals surface area contributed by atoms with E-state index in [0.29, 0.717) is 0 Å². The number of aromatic amines is 1. The SMILES string of the molecule is C/C=C\c1nc(CC)[nH]c1CC. The largest absolute Gasteiger partial charge is 0.345 e. The maximum atomic E-state index is 4.45. The van der Waals surface area contributed by atoms with Gasteiger partial charge < -0.3 is 4.98 Å². The van der Waals surface area contributed by atoms with Crippen molar-refractivity contribution in [3.8, 4) is 0 Å². The Bertz CT molecular complexity index is 271. The Morgan fingerprint density at radius 1 is 1.33 bits per heavy atom. The molecule has 0 saturated carbocycles. The molecular formula is C10H16N2. The molecule has 0 spiro atoms. The summed E-state index contributed by atoms with van der Waals surface area (Å²) in [5.74, 6) is 1.08. The van der Waals surface area contributed by atoms with Gasteiger partial charge in [-0.15, -0.1) is 0 Å². The van der Waals surface area contributed by atoms with Crippen LogP contribution < -0.4 is 0 Å². The molecule has 12 heavy (non-hydrogen) atoms. The Kier molecular flexibility index (Phi) is 3.09. The van der Waals surface area contributed by atoms with Crippen molar-refractivity contribution in [2.24, 2.45) is 0 Å². The zero-order chi connectivity index (χ0) is 8.97. The molecule has 0 atom stereocenters. The number of nitrogens with one attached hydrogen (secondary N) is 1. The number of imidazole rings is 1. The molecule has 0 fully saturated rings. The number of aromatic nitrogens is 2. The Labute approximate surface area is 73.7 Å². The molecular weight excluding hydrogens is 148 g/mol. The number of rotatable bonds is 3. The average Bonchev–Trinajstić information content (AvgIpc) is 2.48. The van der Waals surface area contributed by atoms with E-state index in [1.54, 1.807) is 0 Å². The Balaban J connectivity index is 2.99. The Morgan fingerprint density at radius 3 is 2.58 bits per heavy atom. The predicted molar refractivity (Wildman–Crippen MR) is 52.1 cm³/mol. The lowest BCUT2D eigenvalue weighted by Gasteiger charge is -1.89. The molecule has 0 unspecified atom stereocenters. The van der Waals surface area contributed by atoms with Gasteiger partial charge in [0, 0.05) is 12.1 Å². The van der Waals surface area contributed by atoms with E-state index in [0.717, 1.165) is 24.4 Å². The molecule has 66 valence electrons. The molecule has 1 aromatic rings. The smallest absolute Gasteiger partial charge is 0.106 e. The van der Waals surface area contributed by atoms with Crippen LogP contribution in [0.2, 0.25) is 0 Å². The molecule has 1 heterocycles. The van der Waals surface area contributed by atoms with E-state index in [9.17, 15) is 0 Å². The van der Waals surface area contributed by atoms with Crippen molar-refractivity contribution in [3.05, 3.63) is 23.3 Å². The molecule has 0 bridgehead atoms. The quantitative estimate of drug-likeness (QED) is 0.730. The highest BCUT2D eigenvalue weighted by molar-refractivity contribution is 5.47. The zero-order valence-electron chi connectivity index (χ0n) is 8.02. The summed E-state index contributed by atoms with van der Waals surface area (Å²) >= 11 is 0. The minimum atomic E-state index is 0.977. The van der Waals surface area contributed by atoms with Crippen molar-refractivity contribution in [3.63, 3.8) is 0 Å². The van der Waals surface area contributed by atoms with Gasteiger partial charge in [-0.1, -0.05) is 19.9 Å². The van der Waals surface area contributed by atoms with Crippen LogP contribution in [0.25, 0.3) is 6.08 Å². The molecule has 1 N–H and O–H groups in total. The van der Waals surface area contributed by atoms with Gasteiger partial charge in [-0.05, 0) is 19.4 Å². The van der Waals surface area contributed by atoms with E-state index in [4.69, 9.17) is 0 Å². The first kappa shape index (κ1) is 9.04. The van der Waals surface area contributed by atoms with Crippen molar-refractivity contribution < 1.29 is 0 Å². The fourth-order valence-corrected chi connectivity index (χ4v) is 1.21. The molecule has 0 saturated heterocycles. The van der Waals surface area contributed by atoms with Crippen molar-refractivity contribution in [1.29, 1.82) is 0 Å². The first-order valence-corrected chi connectivity index (χ1v) is 4.52. The summed E-state index contributed by atoms with van der Waals surface area (Å²) in [7, 11) is 0. The maximum absolute atomic E-state index is 4.45. The number of hydrogen-bond acceptors (Lipinski definition) is 1. The van der Waals surface area contributed by atoms with Crippen molar-refractivity contribution in [1.82, 2.24) is 9.97 Å². The monoisotopic (exact) mass is 164 g/mol. The van der Waals surface area contributed by atoms with Gasteiger partial charge in [0.2, 0.25) is 0 Å². The lowest BCUT2D eigenvalue weighted by Crippen LogP contribution is -1.83. The van der Waals surface area contributed by atoms with E-state index in [1.165, 1.54) is 5.69 Å². The molecule has 0 amide bonds. The number of H-pyrrole nitrogens is 1. The number of aryl methyl sites for hydroxylation is 2. The van der Waals surface area contributed by atoms with Crippen LogP contribution in [-0.2, 0) is 12.8 Å². The summed E-state index contributed by atoms with van der Waals surface area (Å²) in [6.45, 7) is 6.26. The van der Waals surface area contributed by atoms with Crippen LogP contribution in [0.4, 0.5) is 0 Å². The normalized spacial score (nSPS) is 11.2. The van der Waals surface area contributed by atoms with Crippen molar-refractivity contribution in [2.75, 3.05) is 0 Å². The van der Waals surface area contributed by atoms with Crippen LogP contribution in [-0.4, -0.2) is 9.97 Å². The highest BCUT2D eigenvalue weighted by Crippen LogP contribution is 2.09. The van der Waals surface area contributed by atoms with E-state index in [-0.39, 0.29) is 0 Å². The van der Waals surface area contributed by atoms with Gasteiger partial charge in [0.15, 0.2) is 0 Å². The third kappa shape index (κ3) is 1.76. The van der Waals surface area contributed by atoms with Gasteiger partial charge in [-0.3, -0.25) is 0 Å². The third-order valence-corrected chi connectivity index (χ3v) is 1.87. The second kappa shape index (κ2) is 4.10. The highest BCUT2D eigenvalue weighted by atomic mass is 14.9. The van der Waals surface area contributed by atoms with Gasteiger partial charge in [0.25, 0.3) is 0 Å². The van der Waals surface area contributed by atoms with E-state index in [1.807, 2.05) is 13.0 Å². The predicted octanol–water partition coefficient (Wildman–Crippen LogP) is 2.57. The summed E-state index contributed by atoms with van der Waals surface area (Å²) in [4.78, 5) is 7.75. The fraction of sp³-hybridized carbons (Fsp3) is 0.500.